The minimum Gasteiger partial charge on any atom is -0.300 e. The van der Waals surface area contributed by atoms with E-state index in [2.05, 4.69) is 56.2 Å². The predicted octanol–water partition coefficient (Wildman–Crippen LogP) is 7.59. The summed E-state index contributed by atoms with van der Waals surface area (Å²) in [5.74, 6) is 0. The monoisotopic (exact) mass is 487 g/mol. The number of hydrogen-bond acceptors (Lipinski definition) is 3. The highest BCUT2D eigenvalue weighted by Crippen LogP contribution is 2.49. The summed E-state index contributed by atoms with van der Waals surface area (Å²) in [7, 11) is 0. The van der Waals surface area contributed by atoms with Gasteiger partial charge in [-0.05, 0) is 142 Å². The zero-order valence-corrected chi connectivity index (χ0v) is 24.7. The van der Waals surface area contributed by atoms with Crippen molar-refractivity contribution in [3.63, 3.8) is 0 Å². The number of hydrogen-bond donors (Lipinski definition) is 0. The van der Waals surface area contributed by atoms with Crippen LogP contribution >= 0.6 is 0 Å². The van der Waals surface area contributed by atoms with Crippen molar-refractivity contribution in [2.75, 3.05) is 39.3 Å². The summed E-state index contributed by atoms with van der Waals surface area (Å²) in [4.78, 5) is 7.97. The van der Waals surface area contributed by atoms with Crippen LogP contribution in [-0.4, -0.2) is 72.1 Å². The Morgan fingerprint density at radius 1 is 0.371 bits per heavy atom. The lowest BCUT2D eigenvalue weighted by Gasteiger charge is -2.50. The van der Waals surface area contributed by atoms with E-state index in [1.54, 1.807) is 0 Å². The summed E-state index contributed by atoms with van der Waals surface area (Å²) in [6, 6.07) is 2.31. The molecule has 3 heteroatoms. The number of piperidine rings is 1. The Kier molecular flexibility index (Phi) is 9.35. The van der Waals surface area contributed by atoms with E-state index >= 15 is 0 Å². The molecule has 6 fully saturated rings. The standard InChI is InChI=1S/2C11H21N.C10H19N/c1-10(2)12-8-4-7-11(9-12)5-3-6-11;1-10(2)12-8-7-11(9-12)5-3-4-6-11;1-9(2)11-7-6-10(8-11)4-3-5-10/h2*10H,3-9H2,1-2H3;9H,3-8H2,1-2H3. The zero-order valence-electron chi connectivity index (χ0n) is 24.7. The van der Waals surface area contributed by atoms with Gasteiger partial charge in [-0.3, -0.25) is 0 Å². The first-order valence-electron chi connectivity index (χ1n) is 15.9. The van der Waals surface area contributed by atoms with Crippen molar-refractivity contribution >= 4 is 0 Å². The van der Waals surface area contributed by atoms with E-state index in [9.17, 15) is 0 Å². The minimum absolute atomic E-state index is 0.766. The van der Waals surface area contributed by atoms with E-state index in [1.807, 2.05) is 0 Å². The fraction of sp³-hybridized carbons (Fsp3) is 1.00. The Morgan fingerprint density at radius 3 is 1.00 bits per heavy atom. The molecule has 0 N–H and O–H groups in total. The van der Waals surface area contributed by atoms with E-state index < -0.39 is 0 Å². The molecule has 0 atom stereocenters. The van der Waals surface area contributed by atoms with E-state index in [0.29, 0.717) is 0 Å². The van der Waals surface area contributed by atoms with Gasteiger partial charge in [0.2, 0.25) is 0 Å². The first kappa shape index (κ1) is 27.9. The van der Waals surface area contributed by atoms with E-state index in [1.165, 1.54) is 129 Å². The highest BCUT2D eigenvalue weighted by molar-refractivity contribution is 4.97. The van der Waals surface area contributed by atoms with Crippen LogP contribution in [0, 0.1) is 16.2 Å². The molecule has 3 aliphatic carbocycles. The number of rotatable bonds is 3. The van der Waals surface area contributed by atoms with Gasteiger partial charge in [-0.1, -0.05) is 25.7 Å². The van der Waals surface area contributed by atoms with Crippen molar-refractivity contribution in [2.24, 2.45) is 16.2 Å². The molecule has 6 aliphatic rings. The summed E-state index contributed by atoms with van der Waals surface area (Å²) in [6.07, 6.45) is 20.9. The smallest absolute Gasteiger partial charge is 0.00412 e. The Bertz CT molecular complexity index is 639. The molecule has 3 aliphatic heterocycles. The largest absolute Gasteiger partial charge is 0.300 e. The lowest BCUT2D eigenvalue weighted by Crippen LogP contribution is -2.49. The van der Waals surface area contributed by atoms with Gasteiger partial charge in [0, 0.05) is 37.8 Å². The van der Waals surface area contributed by atoms with E-state index in [-0.39, 0.29) is 0 Å². The van der Waals surface area contributed by atoms with Gasteiger partial charge in [-0.15, -0.1) is 0 Å². The van der Waals surface area contributed by atoms with Gasteiger partial charge < -0.3 is 14.7 Å². The Hall–Kier alpha value is -0.120. The highest BCUT2D eigenvalue weighted by atomic mass is 15.2. The number of likely N-dealkylation sites (tertiary alicyclic amines) is 3. The number of nitrogens with zero attached hydrogens (tertiary/aromatic N) is 3. The maximum absolute atomic E-state index is 2.67. The zero-order chi connectivity index (χ0) is 25.1. The fourth-order valence-corrected chi connectivity index (χ4v) is 8.21. The predicted molar refractivity (Wildman–Crippen MR) is 152 cm³/mol. The summed E-state index contributed by atoms with van der Waals surface area (Å²) < 4.78 is 0. The maximum atomic E-state index is 2.67. The molecule has 0 radical (unpaired) electrons. The van der Waals surface area contributed by atoms with Crippen molar-refractivity contribution in [2.45, 2.75) is 150 Å². The Labute approximate surface area is 219 Å². The lowest BCUT2D eigenvalue weighted by atomic mass is 9.64. The molecule has 6 rings (SSSR count). The summed E-state index contributed by atoms with van der Waals surface area (Å²) in [5, 5.41) is 0. The molecule has 3 saturated carbocycles. The van der Waals surface area contributed by atoms with Crippen LogP contribution in [0.3, 0.4) is 0 Å². The van der Waals surface area contributed by atoms with Crippen molar-refractivity contribution in [1.82, 2.24) is 14.7 Å². The molecule has 35 heavy (non-hydrogen) atoms. The lowest BCUT2D eigenvalue weighted by molar-refractivity contribution is 0.00642. The van der Waals surface area contributed by atoms with Crippen LogP contribution in [0.25, 0.3) is 0 Å². The van der Waals surface area contributed by atoms with Crippen LogP contribution in [0.1, 0.15) is 131 Å². The summed E-state index contributed by atoms with van der Waals surface area (Å²) in [5.41, 5.74) is 2.34. The topological polar surface area (TPSA) is 9.72 Å². The van der Waals surface area contributed by atoms with Crippen molar-refractivity contribution in [3.05, 3.63) is 0 Å². The molecule has 0 bridgehead atoms. The average molecular weight is 488 g/mol. The van der Waals surface area contributed by atoms with Crippen LogP contribution in [0.15, 0.2) is 0 Å². The minimum atomic E-state index is 0.766. The SMILES string of the molecule is CC(C)N1CCC2(CCC2)C1.CC(C)N1CCC2(CCCC2)C1.CC(C)N1CCCC2(CCC2)C1. The molecule has 3 spiro atoms. The third-order valence-corrected chi connectivity index (χ3v) is 11.3. The first-order valence-corrected chi connectivity index (χ1v) is 15.9. The first-order chi connectivity index (χ1) is 16.7. The molecule has 0 aromatic rings. The molecule has 0 aromatic heterocycles. The second kappa shape index (κ2) is 11.7. The Morgan fingerprint density at radius 2 is 0.686 bits per heavy atom. The summed E-state index contributed by atoms with van der Waals surface area (Å²) >= 11 is 0. The molecule has 3 saturated heterocycles. The van der Waals surface area contributed by atoms with Gasteiger partial charge >= 0.3 is 0 Å². The molecule has 0 unspecified atom stereocenters. The normalized spacial score (nSPS) is 29.4. The van der Waals surface area contributed by atoms with Crippen LogP contribution in [0.4, 0.5) is 0 Å². The van der Waals surface area contributed by atoms with Crippen molar-refractivity contribution < 1.29 is 0 Å². The second-order valence-corrected chi connectivity index (χ2v) is 14.7. The second-order valence-electron chi connectivity index (χ2n) is 14.7. The molecule has 3 heterocycles. The van der Waals surface area contributed by atoms with E-state index in [4.69, 9.17) is 0 Å². The molecule has 0 amide bonds. The van der Waals surface area contributed by atoms with Gasteiger partial charge in [-0.2, -0.15) is 0 Å². The molecular formula is C32H61N3. The van der Waals surface area contributed by atoms with Gasteiger partial charge in [-0.25, -0.2) is 0 Å². The third-order valence-electron chi connectivity index (χ3n) is 11.3. The van der Waals surface area contributed by atoms with Gasteiger partial charge in [0.15, 0.2) is 0 Å². The van der Waals surface area contributed by atoms with Gasteiger partial charge in [0.05, 0.1) is 0 Å². The van der Waals surface area contributed by atoms with Gasteiger partial charge in [0.25, 0.3) is 0 Å². The van der Waals surface area contributed by atoms with Crippen LogP contribution in [-0.2, 0) is 0 Å². The average Bonchev–Trinajstić information content (AvgIpc) is 3.54. The molecule has 204 valence electrons. The highest BCUT2D eigenvalue weighted by Gasteiger charge is 2.43. The van der Waals surface area contributed by atoms with E-state index in [0.717, 1.165) is 34.4 Å². The molecular weight excluding hydrogens is 426 g/mol. The van der Waals surface area contributed by atoms with Crippen LogP contribution in [0.2, 0.25) is 0 Å². The van der Waals surface area contributed by atoms with Crippen LogP contribution in [0.5, 0.6) is 0 Å². The maximum Gasteiger partial charge on any atom is 0.00412 e. The fourth-order valence-electron chi connectivity index (χ4n) is 8.21. The van der Waals surface area contributed by atoms with Gasteiger partial charge in [0.1, 0.15) is 0 Å². The van der Waals surface area contributed by atoms with Crippen molar-refractivity contribution in [3.8, 4) is 0 Å². The molecule has 0 aromatic carbocycles. The van der Waals surface area contributed by atoms with Crippen LogP contribution < -0.4 is 0 Å². The third kappa shape index (κ3) is 6.85. The van der Waals surface area contributed by atoms with Crippen molar-refractivity contribution in [1.29, 1.82) is 0 Å². The summed E-state index contributed by atoms with van der Waals surface area (Å²) in [6.45, 7) is 22.2. The molecule has 3 nitrogen and oxygen atoms in total. The Balaban J connectivity index is 0.000000124. The quantitative estimate of drug-likeness (QED) is 0.406.